The highest BCUT2D eigenvalue weighted by molar-refractivity contribution is 6.06. The minimum atomic E-state index is -0.452. The van der Waals surface area contributed by atoms with Crippen LogP contribution in [0.25, 0.3) is 0 Å². The number of methoxy groups -OCH3 is 1. The molecular formula is C10H12N4O2. The molecule has 0 bridgehead atoms. The lowest BCUT2D eigenvalue weighted by Gasteiger charge is -2.44. The van der Waals surface area contributed by atoms with Gasteiger partial charge in [0.05, 0.1) is 7.11 Å². The molecule has 2 aliphatic rings. The lowest BCUT2D eigenvalue weighted by Crippen LogP contribution is -2.57. The Balaban J connectivity index is 2.04. The molecule has 1 spiro atoms. The third kappa shape index (κ3) is 1.09. The van der Waals surface area contributed by atoms with Crippen molar-refractivity contribution in [2.45, 2.75) is 24.8 Å². The van der Waals surface area contributed by atoms with Crippen LogP contribution in [0.1, 0.15) is 19.3 Å². The SMILES string of the molecule is COc1ncnc2c1NC(=O)C1(CCC1)N2. The second-order valence-corrected chi connectivity index (χ2v) is 4.12. The molecule has 16 heavy (non-hydrogen) atoms. The highest BCUT2D eigenvalue weighted by atomic mass is 16.5. The van der Waals surface area contributed by atoms with Gasteiger partial charge >= 0.3 is 0 Å². The van der Waals surface area contributed by atoms with Crippen LogP contribution < -0.4 is 15.4 Å². The van der Waals surface area contributed by atoms with Crippen LogP contribution in [0.2, 0.25) is 0 Å². The van der Waals surface area contributed by atoms with Gasteiger partial charge in [0, 0.05) is 0 Å². The van der Waals surface area contributed by atoms with Crippen molar-refractivity contribution in [1.29, 1.82) is 0 Å². The number of rotatable bonds is 1. The number of nitrogens with zero attached hydrogens (tertiary/aromatic N) is 2. The molecule has 1 amide bonds. The van der Waals surface area contributed by atoms with E-state index in [0.717, 1.165) is 19.3 Å². The van der Waals surface area contributed by atoms with Crippen LogP contribution in [0.4, 0.5) is 11.5 Å². The van der Waals surface area contributed by atoms with E-state index >= 15 is 0 Å². The Morgan fingerprint density at radius 3 is 2.88 bits per heavy atom. The van der Waals surface area contributed by atoms with Crippen LogP contribution in [0.15, 0.2) is 6.33 Å². The number of hydrogen-bond acceptors (Lipinski definition) is 5. The van der Waals surface area contributed by atoms with Crippen molar-refractivity contribution < 1.29 is 9.53 Å². The van der Waals surface area contributed by atoms with E-state index in [2.05, 4.69) is 20.6 Å². The third-order valence-electron chi connectivity index (χ3n) is 3.24. The molecule has 0 saturated heterocycles. The Bertz CT molecular complexity index is 456. The summed E-state index contributed by atoms with van der Waals surface area (Å²) >= 11 is 0. The van der Waals surface area contributed by atoms with Crippen molar-refractivity contribution in [3.05, 3.63) is 6.33 Å². The van der Waals surface area contributed by atoms with Crippen molar-refractivity contribution in [2.24, 2.45) is 0 Å². The average Bonchev–Trinajstić information content (AvgIpc) is 2.25. The second-order valence-electron chi connectivity index (χ2n) is 4.12. The first-order valence-corrected chi connectivity index (χ1v) is 5.24. The molecule has 3 rings (SSSR count). The molecule has 0 unspecified atom stereocenters. The van der Waals surface area contributed by atoms with Crippen molar-refractivity contribution >= 4 is 17.4 Å². The summed E-state index contributed by atoms with van der Waals surface area (Å²) in [4.78, 5) is 20.0. The molecule has 0 aromatic carbocycles. The summed E-state index contributed by atoms with van der Waals surface area (Å²) in [7, 11) is 1.52. The number of anilines is 2. The summed E-state index contributed by atoms with van der Waals surface area (Å²) in [6.45, 7) is 0. The number of ether oxygens (including phenoxy) is 1. The molecule has 1 aliphatic heterocycles. The molecule has 1 saturated carbocycles. The minimum Gasteiger partial charge on any atom is -0.479 e. The Hall–Kier alpha value is -1.85. The van der Waals surface area contributed by atoms with E-state index in [-0.39, 0.29) is 5.91 Å². The Labute approximate surface area is 92.4 Å². The number of carbonyl (C=O) groups excluding carboxylic acids is 1. The van der Waals surface area contributed by atoms with E-state index in [0.29, 0.717) is 17.4 Å². The first-order valence-electron chi connectivity index (χ1n) is 5.24. The summed E-state index contributed by atoms with van der Waals surface area (Å²) in [6, 6.07) is 0. The normalized spacial score (nSPS) is 20.4. The quantitative estimate of drug-likeness (QED) is 0.731. The predicted octanol–water partition coefficient (Wildman–Crippen LogP) is 0.772. The monoisotopic (exact) mass is 220 g/mol. The summed E-state index contributed by atoms with van der Waals surface area (Å²) in [5.41, 5.74) is 0.0827. The Morgan fingerprint density at radius 1 is 1.44 bits per heavy atom. The molecule has 84 valence electrons. The molecule has 1 fully saturated rings. The third-order valence-corrected chi connectivity index (χ3v) is 3.24. The lowest BCUT2D eigenvalue weighted by molar-refractivity contribution is -0.123. The summed E-state index contributed by atoms with van der Waals surface area (Å²) in [6.07, 6.45) is 4.20. The number of nitrogens with one attached hydrogen (secondary N) is 2. The fraction of sp³-hybridized carbons (Fsp3) is 0.500. The standard InChI is InChI=1S/C10H12N4O2/c1-16-8-6-7(11-5-12-8)14-10(3-2-4-10)9(15)13-6/h5H,2-4H2,1H3,(H,13,15)(H,11,12,14). The van der Waals surface area contributed by atoms with E-state index in [1.807, 2.05) is 0 Å². The Kier molecular flexibility index (Phi) is 1.80. The molecule has 0 atom stereocenters. The smallest absolute Gasteiger partial charge is 0.250 e. The van der Waals surface area contributed by atoms with Gasteiger partial charge in [0.1, 0.15) is 17.6 Å². The van der Waals surface area contributed by atoms with Gasteiger partial charge in [0.2, 0.25) is 11.8 Å². The molecule has 6 nitrogen and oxygen atoms in total. The summed E-state index contributed by atoms with van der Waals surface area (Å²) in [5.74, 6) is 1.02. The maximum Gasteiger partial charge on any atom is 0.250 e. The lowest BCUT2D eigenvalue weighted by atomic mass is 9.75. The zero-order valence-corrected chi connectivity index (χ0v) is 8.91. The summed E-state index contributed by atoms with van der Waals surface area (Å²) in [5, 5.41) is 6.01. The van der Waals surface area contributed by atoms with Crippen LogP contribution in [-0.2, 0) is 4.79 Å². The van der Waals surface area contributed by atoms with Gasteiger partial charge in [0.15, 0.2) is 5.82 Å². The van der Waals surface area contributed by atoms with Crippen molar-refractivity contribution in [3.8, 4) is 5.88 Å². The van der Waals surface area contributed by atoms with Gasteiger partial charge in [-0.25, -0.2) is 4.98 Å². The van der Waals surface area contributed by atoms with E-state index in [9.17, 15) is 4.79 Å². The zero-order valence-electron chi connectivity index (χ0n) is 8.91. The maximum absolute atomic E-state index is 11.9. The topological polar surface area (TPSA) is 76.1 Å². The van der Waals surface area contributed by atoms with Crippen molar-refractivity contribution in [1.82, 2.24) is 9.97 Å². The number of carbonyl (C=O) groups is 1. The van der Waals surface area contributed by atoms with E-state index in [1.165, 1.54) is 13.4 Å². The van der Waals surface area contributed by atoms with Crippen molar-refractivity contribution in [3.63, 3.8) is 0 Å². The van der Waals surface area contributed by atoms with Crippen LogP contribution in [0.3, 0.4) is 0 Å². The predicted molar refractivity (Wildman–Crippen MR) is 57.4 cm³/mol. The van der Waals surface area contributed by atoms with Gasteiger partial charge in [-0.3, -0.25) is 4.79 Å². The number of aromatic nitrogens is 2. The molecule has 0 radical (unpaired) electrons. The first-order chi connectivity index (χ1) is 7.75. The zero-order chi connectivity index (χ0) is 11.2. The van der Waals surface area contributed by atoms with E-state index in [1.54, 1.807) is 0 Å². The number of fused-ring (bicyclic) bond motifs is 1. The van der Waals surface area contributed by atoms with Crippen LogP contribution in [-0.4, -0.2) is 28.5 Å². The number of amides is 1. The first kappa shape index (κ1) is 9.38. The average molecular weight is 220 g/mol. The molecule has 2 N–H and O–H groups in total. The molecule has 2 heterocycles. The van der Waals surface area contributed by atoms with Gasteiger partial charge in [-0.1, -0.05) is 0 Å². The van der Waals surface area contributed by atoms with Crippen LogP contribution >= 0.6 is 0 Å². The van der Waals surface area contributed by atoms with Gasteiger partial charge in [-0.05, 0) is 19.3 Å². The number of hydrogen-bond donors (Lipinski definition) is 2. The largest absolute Gasteiger partial charge is 0.479 e. The Morgan fingerprint density at radius 2 is 2.25 bits per heavy atom. The second kappa shape index (κ2) is 3.07. The fourth-order valence-electron chi connectivity index (χ4n) is 2.13. The highest BCUT2D eigenvalue weighted by Gasteiger charge is 2.48. The van der Waals surface area contributed by atoms with Gasteiger partial charge < -0.3 is 15.4 Å². The molecule has 1 aromatic rings. The van der Waals surface area contributed by atoms with Crippen LogP contribution in [0, 0.1) is 0 Å². The van der Waals surface area contributed by atoms with Gasteiger partial charge in [-0.2, -0.15) is 4.98 Å². The molecule has 1 aliphatic carbocycles. The summed E-state index contributed by atoms with van der Waals surface area (Å²) < 4.78 is 5.07. The fourth-order valence-corrected chi connectivity index (χ4v) is 2.13. The highest BCUT2D eigenvalue weighted by Crippen LogP contribution is 2.43. The van der Waals surface area contributed by atoms with Crippen molar-refractivity contribution in [2.75, 3.05) is 17.7 Å². The molecular weight excluding hydrogens is 208 g/mol. The molecule has 1 aromatic heterocycles. The van der Waals surface area contributed by atoms with Gasteiger partial charge in [-0.15, -0.1) is 0 Å². The van der Waals surface area contributed by atoms with E-state index in [4.69, 9.17) is 4.74 Å². The minimum absolute atomic E-state index is 0.0145. The molecule has 6 heteroatoms. The van der Waals surface area contributed by atoms with Crippen LogP contribution in [0.5, 0.6) is 5.88 Å². The van der Waals surface area contributed by atoms with E-state index < -0.39 is 5.54 Å². The maximum atomic E-state index is 11.9. The van der Waals surface area contributed by atoms with Gasteiger partial charge in [0.25, 0.3) is 0 Å².